The van der Waals surface area contributed by atoms with Crippen LogP contribution in [-0.2, 0) is 13.1 Å². The first-order valence-electron chi connectivity index (χ1n) is 7.34. The van der Waals surface area contributed by atoms with Crippen molar-refractivity contribution in [1.82, 2.24) is 14.9 Å². The summed E-state index contributed by atoms with van der Waals surface area (Å²) in [4.78, 5) is 4.16. The fourth-order valence-corrected chi connectivity index (χ4v) is 2.26. The van der Waals surface area contributed by atoms with Gasteiger partial charge in [0, 0.05) is 31.0 Å². The van der Waals surface area contributed by atoms with Gasteiger partial charge in [0.1, 0.15) is 24.0 Å². The van der Waals surface area contributed by atoms with Crippen molar-refractivity contribution in [2.24, 2.45) is 0 Å². The minimum Gasteiger partial charge on any atom is -0.492 e. The Morgan fingerprint density at radius 1 is 1.38 bits per heavy atom. The molecule has 0 amide bonds. The first-order valence-corrected chi connectivity index (χ1v) is 7.34. The van der Waals surface area contributed by atoms with Gasteiger partial charge in [-0.3, -0.25) is 0 Å². The average Bonchev–Trinajstić information content (AvgIpc) is 3.19. The molecule has 0 radical (unpaired) electrons. The molecule has 0 atom stereocenters. The molecule has 21 heavy (non-hydrogen) atoms. The van der Waals surface area contributed by atoms with Crippen LogP contribution in [0.2, 0.25) is 0 Å². The molecule has 1 fully saturated rings. The average molecular weight is 289 g/mol. The third-order valence-corrected chi connectivity index (χ3v) is 3.63. The van der Waals surface area contributed by atoms with Crippen molar-refractivity contribution in [2.75, 3.05) is 6.61 Å². The van der Waals surface area contributed by atoms with Gasteiger partial charge in [0.05, 0.1) is 6.54 Å². The van der Waals surface area contributed by atoms with Crippen LogP contribution in [0, 0.1) is 12.7 Å². The molecule has 3 rings (SSSR count). The fourth-order valence-electron chi connectivity index (χ4n) is 2.26. The van der Waals surface area contributed by atoms with Crippen LogP contribution in [0.3, 0.4) is 0 Å². The molecule has 0 aliphatic heterocycles. The zero-order valence-corrected chi connectivity index (χ0v) is 12.2. The Morgan fingerprint density at radius 3 is 2.95 bits per heavy atom. The summed E-state index contributed by atoms with van der Waals surface area (Å²) < 4.78 is 21.3. The van der Waals surface area contributed by atoms with E-state index in [1.807, 2.05) is 23.8 Å². The van der Waals surface area contributed by atoms with Gasteiger partial charge < -0.3 is 14.6 Å². The van der Waals surface area contributed by atoms with Crippen LogP contribution in [-0.4, -0.2) is 22.2 Å². The topological polar surface area (TPSA) is 39.1 Å². The lowest BCUT2D eigenvalue weighted by Crippen LogP contribution is -2.15. The number of ether oxygens (including phenoxy) is 1. The lowest BCUT2D eigenvalue weighted by molar-refractivity contribution is 0.295. The summed E-state index contributed by atoms with van der Waals surface area (Å²) in [7, 11) is 0. The molecular weight excluding hydrogens is 269 g/mol. The molecule has 1 aliphatic rings. The van der Waals surface area contributed by atoms with E-state index in [2.05, 4.69) is 10.3 Å². The highest BCUT2D eigenvalue weighted by atomic mass is 19.1. The highest BCUT2D eigenvalue weighted by Gasteiger charge is 2.20. The van der Waals surface area contributed by atoms with Crippen LogP contribution in [0.5, 0.6) is 5.75 Å². The molecule has 0 bridgehead atoms. The molecule has 0 spiro atoms. The van der Waals surface area contributed by atoms with Crippen molar-refractivity contribution in [3.05, 3.63) is 47.8 Å². The normalized spacial score (nSPS) is 14.4. The minimum atomic E-state index is -0.251. The zero-order valence-electron chi connectivity index (χ0n) is 12.2. The van der Waals surface area contributed by atoms with Crippen LogP contribution in [0.25, 0.3) is 0 Å². The van der Waals surface area contributed by atoms with E-state index in [9.17, 15) is 4.39 Å². The SMILES string of the molecule is Cc1nccn1CCOc1cc(F)cc(CNC2CC2)c1. The van der Waals surface area contributed by atoms with Crippen LogP contribution >= 0.6 is 0 Å². The number of hydrogen-bond acceptors (Lipinski definition) is 3. The number of nitrogens with zero attached hydrogens (tertiary/aromatic N) is 2. The van der Waals surface area contributed by atoms with Crippen LogP contribution in [0.15, 0.2) is 30.6 Å². The van der Waals surface area contributed by atoms with Crippen molar-refractivity contribution < 1.29 is 9.13 Å². The van der Waals surface area contributed by atoms with Gasteiger partial charge in [0.15, 0.2) is 0 Å². The molecule has 2 aromatic rings. The van der Waals surface area contributed by atoms with Gasteiger partial charge in [0.25, 0.3) is 0 Å². The third kappa shape index (κ3) is 4.04. The Morgan fingerprint density at radius 2 is 2.24 bits per heavy atom. The van der Waals surface area contributed by atoms with E-state index in [4.69, 9.17) is 4.74 Å². The second kappa shape index (κ2) is 6.26. The van der Waals surface area contributed by atoms with E-state index >= 15 is 0 Å². The number of imidazole rings is 1. The molecule has 0 saturated heterocycles. The number of halogens is 1. The number of rotatable bonds is 7. The van der Waals surface area contributed by atoms with Gasteiger partial charge in [-0.25, -0.2) is 9.37 Å². The third-order valence-electron chi connectivity index (χ3n) is 3.63. The van der Waals surface area contributed by atoms with Gasteiger partial charge >= 0.3 is 0 Å². The van der Waals surface area contributed by atoms with E-state index in [0.717, 1.165) is 11.4 Å². The summed E-state index contributed by atoms with van der Waals surface area (Å²) in [6.45, 7) is 3.84. The molecule has 1 saturated carbocycles. The zero-order chi connectivity index (χ0) is 14.7. The smallest absolute Gasteiger partial charge is 0.127 e. The highest BCUT2D eigenvalue weighted by molar-refractivity contribution is 5.29. The van der Waals surface area contributed by atoms with E-state index in [0.29, 0.717) is 31.5 Å². The molecule has 1 heterocycles. The Bertz CT molecular complexity index is 607. The van der Waals surface area contributed by atoms with Crippen molar-refractivity contribution in [3.8, 4) is 5.75 Å². The van der Waals surface area contributed by atoms with Crippen LogP contribution < -0.4 is 10.1 Å². The van der Waals surface area contributed by atoms with Crippen molar-refractivity contribution in [1.29, 1.82) is 0 Å². The predicted molar refractivity (Wildman–Crippen MR) is 78.7 cm³/mol. The van der Waals surface area contributed by atoms with Gasteiger partial charge in [-0.05, 0) is 37.5 Å². The Balaban J connectivity index is 1.55. The summed E-state index contributed by atoms with van der Waals surface area (Å²) in [6.07, 6.45) is 6.13. The number of aryl methyl sites for hydroxylation is 1. The fraction of sp³-hybridized carbons (Fsp3) is 0.438. The lowest BCUT2D eigenvalue weighted by Gasteiger charge is -2.10. The van der Waals surface area contributed by atoms with Crippen LogP contribution in [0.1, 0.15) is 24.2 Å². The molecule has 1 aliphatic carbocycles. The Labute approximate surface area is 124 Å². The van der Waals surface area contributed by atoms with E-state index in [1.54, 1.807) is 12.3 Å². The second-order valence-electron chi connectivity index (χ2n) is 5.47. The maximum absolute atomic E-state index is 13.6. The molecule has 1 aromatic carbocycles. The molecule has 1 aromatic heterocycles. The van der Waals surface area contributed by atoms with E-state index in [-0.39, 0.29) is 5.82 Å². The van der Waals surface area contributed by atoms with Crippen molar-refractivity contribution >= 4 is 0 Å². The van der Waals surface area contributed by atoms with E-state index < -0.39 is 0 Å². The lowest BCUT2D eigenvalue weighted by atomic mass is 10.2. The summed E-state index contributed by atoms with van der Waals surface area (Å²) in [5, 5.41) is 3.38. The molecule has 112 valence electrons. The van der Waals surface area contributed by atoms with Gasteiger partial charge in [0.2, 0.25) is 0 Å². The van der Waals surface area contributed by atoms with E-state index in [1.165, 1.54) is 18.9 Å². The summed E-state index contributed by atoms with van der Waals surface area (Å²) in [5.74, 6) is 1.28. The second-order valence-corrected chi connectivity index (χ2v) is 5.47. The standard InChI is InChI=1S/C16H20FN3O/c1-12-18-4-5-20(12)6-7-21-16-9-13(8-14(17)10-16)11-19-15-2-3-15/h4-5,8-10,15,19H,2-3,6-7,11H2,1H3. The maximum Gasteiger partial charge on any atom is 0.127 e. The van der Waals surface area contributed by atoms with Gasteiger partial charge in [-0.15, -0.1) is 0 Å². The number of nitrogens with one attached hydrogen (secondary N) is 1. The summed E-state index contributed by atoms with van der Waals surface area (Å²) >= 11 is 0. The first-order chi connectivity index (χ1) is 10.2. The first kappa shape index (κ1) is 14.1. The molecule has 1 N–H and O–H groups in total. The van der Waals surface area contributed by atoms with Crippen molar-refractivity contribution in [2.45, 2.75) is 38.9 Å². The molecule has 4 nitrogen and oxygen atoms in total. The molecule has 5 heteroatoms. The summed E-state index contributed by atoms with van der Waals surface area (Å²) in [6, 6.07) is 5.50. The molecular formula is C16H20FN3O. The summed E-state index contributed by atoms with van der Waals surface area (Å²) in [5.41, 5.74) is 0.927. The Hall–Kier alpha value is -1.88. The monoisotopic (exact) mass is 289 g/mol. The number of benzene rings is 1. The van der Waals surface area contributed by atoms with Crippen LogP contribution in [0.4, 0.5) is 4.39 Å². The van der Waals surface area contributed by atoms with Crippen molar-refractivity contribution in [3.63, 3.8) is 0 Å². The Kier molecular flexibility index (Phi) is 4.20. The number of aromatic nitrogens is 2. The predicted octanol–water partition coefficient (Wildman–Crippen LogP) is 2.66. The highest BCUT2D eigenvalue weighted by Crippen LogP contribution is 2.21. The molecule has 0 unspecified atom stereocenters. The largest absolute Gasteiger partial charge is 0.492 e. The van der Waals surface area contributed by atoms with Gasteiger partial charge in [-0.2, -0.15) is 0 Å². The maximum atomic E-state index is 13.6. The van der Waals surface area contributed by atoms with Gasteiger partial charge in [-0.1, -0.05) is 0 Å². The number of hydrogen-bond donors (Lipinski definition) is 1. The minimum absolute atomic E-state index is 0.251. The quantitative estimate of drug-likeness (QED) is 0.851.